The van der Waals surface area contributed by atoms with Gasteiger partial charge in [0.1, 0.15) is 0 Å². The van der Waals surface area contributed by atoms with Gasteiger partial charge in [-0.15, -0.1) is 0 Å². The Bertz CT molecular complexity index is 451. The first-order valence-electron chi connectivity index (χ1n) is 4.42. The van der Waals surface area contributed by atoms with E-state index in [-0.39, 0.29) is 11.5 Å². The average molecular weight is 215 g/mol. The zero-order valence-corrected chi connectivity index (χ0v) is 8.79. The molecule has 2 heterocycles. The molecule has 0 radical (unpaired) electrons. The molecule has 1 aromatic heterocycles. The van der Waals surface area contributed by atoms with Gasteiger partial charge in [0.05, 0.1) is 28.9 Å². The second-order valence-electron chi connectivity index (χ2n) is 4.06. The predicted octanol–water partition coefficient (Wildman–Crippen LogP) is -0.00100. The van der Waals surface area contributed by atoms with E-state index in [9.17, 15) is 8.42 Å². The summed E-state index contributed by atoms with van der Waals surface area (Å²) >= 11 is 0. The van der Waals surface area contributed by atoms with Gasteiger partial charge in [-0.25, -0.2) is 8.42 Å². The Kier molecular flexibility index (Phi) is 1.85. The van der Waals surface area contributed by atoms with Crippen LogP contribution < -0.4 is 5.73 Å². The third kappa shape index (κ3) is 1.50. The maximum Gasteiger partial charge on any atom is 0.152 e. The van der Waals surface area contributed by atoms with Gasteiger partial charge in [0.25, 0.3) is 0 Å². The van der Waals surface area contributed by atoms with Gasteiger partial charge in [0, 0.05) is 6.20 Å². The summed E-state index contributed by atoms with van der Waals surface area (Å²) in [6.45, 7) is 1.89. The standard InChI is InChI=1S/C8H13N3O2S/c1-8(2-3-14(12,13)6-8)11-5-7(9)4-10-11/h4-5H,2-3,6,9H2,1H3. The molecular weight excluding hydrogens is 202 g/mol. The van der Waals surface area contributed by atoms with Crippen molar-refractivity contribution < 1.29 is 8.42 Å². The van der Waals surface area contributed by atoms with Gasteiger partial charge in [-0.05, 0) is 13.3 Å². The van der Waals surface area contributed by atoms with E-state index in [2.05, 4.69) is 5.10 Å². The van der Waals surface area contributed by atoms with E-state index in [0.717, 1.165) is 0 Å². The molecule has 0 aromatic carbocycles. The molecule has 1 aromatic rings. The summed E-state index contributed by atoms with van der Waals surface area (Å²) in [7, 11) is -2.89. The maximum atomic E-state index is 11.4. The van der Waals surface area contributed by atoms with E-state index in [1.54, 1.807) is 10.9 Å². The van der Waals surface area contributed by atoms with Crippen molar-refractivity contribution in [3.8, 4) is 0 Å². The van der Waals surface area contributed by atoms with Crippen LogP contribution in [0.15, 0.2) is 12.4 Å². The Morgan fingerprint density at radius 3 is 2.79 bits per heavy atom. The van der Waals surface area contributed by atoms with Gasteiger partial charge in [-0.2, -0.15) is 5.10 Å². The number of hydrogen-bond donors (Lipinski definition) is 1. The third-order valence-corrected chi connectivity index (χ3v) is 4.53. The van der Waals surface area contributed by atoms with Gasteiger partial charge in [-0.3, -0.25) is 4.68 Å². The van der Waals surface area contributed by atoms with Crippen LogP contribution in [-0.2, 0) is 15.4 Å². The average Bonchev–Trinajstić information content (AvgIpc) is 2.57. The van der Waals surface area contributed by atoms with Crippen LogP contribution in [0.3, 0.4) is 0 Å². The fourth-order valence-corrected chi connectivity index (χ4v) is 3.93. The molecule has 5 nitrogen and oxygen atoms in total. The first-order valence-corrected chi connectivity index (χ1v) is 6.25. The Morgan fingerprint density at radius 2 is 2.36 bits per heavy atom. The van der Waals surface area contributed by atoms with Crippen molar-refractivity contribution in [1.82, 2.24) is 9.78 Å². The number of rotatable bonds is 1. The van der Waals surface area contributed by atoms with Crippen LogP contribution in [0.1, 0.15) is 13.3 Å². The lowest BCUT2D eigenvalue weighted by Crippen LogP contribution is -2.31. The summed E-state index contributed by atoms with van der Waals surface area (Å²) in [6.07, 6.45) is 3.83. The van der Waals surface area contributed by atoms with Crippen molar-refractivity contribution in [2.75, 3.05) is 17.2 Å². The molecule has 0 spiro atoms. The normalized spacial score (nSPS) is 30.6. The monoisotopic (exact) mass is 215 g/mol. The molecule has 0 amide bonds. The van der Waals surface area contributed by atoms with Crippen LogP contribution in [0.4, 0.5) is 5.69 Å². The van der Waals surface area contributed by atoms with Gasteiger partial charge in [0.2, 0.25) is 0 Å². The zero-order chi connectivity index (χ0) is 10.4. The van der Waals surface area contributed by atoms with Gasteiger partial charge in [-0.1, -0.05) is 0 Å². The number of hydrogen-bond acceptors (Lipinski definition) is 4. The molecule has 0 saturated carbocycles. The number of aromatic nitrogens is 2. The number of anilines is 1. The van der Waals surface area contributed by atoms with Gasteiger partial charge in [0.15, 0.2) is 9.84 Å². The first kappa shape index (κ1) is 9.51. The molecule has 1 atom stereocenters. The summed E-state index contributed by atoms with van der Waals surface area (Å²) in [5, 5.41) is 4.06. The van der Waals surface area contributed by atoms with E-state index in [1.165, 1.54) is 6.20 Å². The molecule has 1 saturated heterocycles. The third-order valence-electron chi connectivity index (χ3n) is 2.64. The Balaban J connectivity index is 2.36. The second kappa shape index (κ2) is 2.73. The number of sulfone groups is 1. The lowest BCUT2D eigenvalue weighted by molar-refractivity contribution is 0.328. The molecule has 14 heavy (non-hydrogen) atoms. The van der Waals surface area contributed by atoms with Gasteiger partial charge >= 0.3 is 0 Å². The minimum Gasteiger partial charge on any atom is -0.396 e. The molecule has 2 N–H and O–H groups in total. The van der Waals surface area contributed by atoms with Gasteiger partial charge < -0.3 is 5.73 Å². The summed E-state index contributed by atoms with van der Waals surface area (Å²) in [5.41, 5.74) is 5.69. The fraction of sp³-hybridized carbons (Fsp3) is 0.625. The van der Waals surface area contributed by atoms with Crippen LogP contribution in [0.2, 0.25) is 0 Å². The topological polar surface area (TPSA) is 78.0 Å². The predicted molar refractivity (Wildman–Crippen MR) is 53.6 cm³/mol. The van der Waals surface area contributed by atoms with E-state index in [4.69, 9.17) is 5.73 Å². The van der Waals surface area contributed by atoms with E-state index in [1.807, 2.05) is 6.92 Å². The Hall–Kier alpha value is -1.04. The van der Waals surface area contributed by atoms with Crippen LogP contribution in [0, 0.1) is 0 Å². The molecule has 2 rings (SSSR count). The summed E-state index contributed by atoms with van der Waals surface area (Å²) in [5.74, 6) is 0.393. The van der Waals surface area contributed by atoms with Crippen LogP contribution in [-0.4, -0.2) is 29.7 Å². The molecule has 1 aliphatic heterocycles. The summed E-state index contributed by atoms with van der Waals surface area (Å²) in [6, 6.07) is 0. The highest BCUT2D eigenvalue weighted by Gasteiger charge is 2.40. The molecule has 1 aliphatic rings. The molecule has 1 unspecified atom stereocenters. The van der Waals surface area contributed by atoms with Crippen molar-refractivity contribution in [2.45, 2.75) is 18.9 Å². The summed E-state index contributed by atoms with van der Waals surface area (Å²) < 4.78 is 24.4. The largest absolute Gasteiger partial charge is 0.396 e. The quantitative estimate of drug-likeness (QED) is 0.715. The number of nitrogens with two attached hydrogens (primary N) is 1. The van der Waals surface area contributed by atoms with Crippen molar-refractivity contribution in [2.24, 2.45) is 0 Å². The Morgan fingerprint density at radius 1 is 1.64 bits per heavy atom. The highest BCUT2D eigenvalue weighted by Crippen LogP contribution is 2.30. The zero-order valence-electron chi connectivity index (χ0n) is 7.97. The number of nitrogens with zero attached hydrogens (tertiary/aromatic N) is 2. The van der Waals surface area contributed by atoms with Crippen LogP contribution in [0.5, 0.6) is 0 Å². The SMILES string of the molecule is CC1(n2cc(N)cn2)CCS(=O)(=O)C1. The molecule has 6 heteroatoms. The number of nitrogen functional groups attached to an aromatic ring is 1. The second-order valence-corrected chi connectivity index (χ2v) is 6.24. The first-order chi connectivity index (χ1) is 6.41. The minimum atomic E-state index is -2.89. The van der Waals surface area contributed by atoms with Crippen LogP contribution in [0.25, 0.3) is 0 Å². The molecule has 0 bridgehead atoms. The summed E-state index contributed by atoms with van der Waals surface area (Å²) in [4.78, 5) is 0. The molecule has 78 valence electrons. The maximum absolute atomic E-state index is 11.4. The van der Waals surface area contributed by atoms with Crippen molar-refractivity contribution in [3.63, 3.8) is 0 Å². The highest BCUT2D eigenvalue weighted by atomic mass is 32.2. The van der Waals surface area contributed by atoms with E-state index < -0.39 is 15.4 Å². The van der Waals surface area contributed by atoms with Crippen molar-refractivity contribution in [3.05, 3.63) is 12.4 Å². The molecule has 1 fully saturated rings. The fourth-order valence-electron chi connectivity index (χ4n) is 1.81. The molecule has 0 aliphatic carbocycles. The van der Waals surface area contributed by atoms with Crippen molar-refractivity contribution in [1.29, 1.82) is 0 Å². The minimum absolute atomic E-state index is 0.154. The smallest absolute Gasteiger partial charge is 0.152 e. The van der Waals surface area contributed by atoms with E-state index >= 15 is 0 Å². The molecular formula is C8H13N3O2S. The lowest BCUT2D eigenvalue weighted by Gasteiger charge is -2.22. The lowest BCUT2D eigenvalue weighted by atomic mass is 10.0. The highest BCUT2D eigenvalue weighted by molar-refractivity contribution is 7.91. The van der Waals surface area contributed by atoms with E-state index in [0.29, 0.717) is 12.1 Å². The Labute approximate surface area is 82.8 Å². The van der Waals surface area contributed by atoms with Crippen molar-refractivity contribution >= 4 is 15.5 Å². The van der Waals surface area contributed by atoms with Crippen LogP contribution >= 0.6 is 0 Å².